The minimum Gasteiger partial charge on any atom is -0.423 e. The summed E-state index contributed by atoms with van der Waals surface area (Å²) in [6, 6.07) is 9.99. The second kappa shape index (κ2) is 5.96. The van der Waals surface area contributed by atoms with E-state index in [1.165, 1.54) is 30.3 Å². The van der Waals surface area contributed by atoms with Crippen LogP contribution in [0.5, 0.6) is 5.75 Å². The Labute approximate surface area is 143 Å². The van der Waals surface area contributed by atoms with E-state index in [2.05, 4.69) is 0 Å². The third-order valence-corrected chi connectivity index (χ3v) is 5.33. The molecule has 3 rings (SSSR count). The number of hydrogen-bond acceptors (Lipinski definition) is 5. The first kappa shape index (κ1) is 16.5. The molecule has 0 saturated heterocycles. The fraction of sp³-hybridized carbons (Fsp3) is 0.118. The van der Waals surface area contributed by atoms with E-state index in [4.69, 9.17) is 20.2 Å². The highest BCUT2D eigenvalue weighted by atomic mass is 35.5. The molecule has 0 aliphatic heterocycles. The first-order valence-electron chi connectivity index (χ1n) is 7.01. The molecular formula is C17H13ClO5S. The predicted octanol–water partition coefficient (Wildman–Crippen LogP) is 3.83. The summed E-state index contributed by atoms with van der Waals surface area (Å²) in [5.41, 5.74) is 1.26. The van der Waals surface area contributed by atoms with Crippen molar-refractivity contribution in [1.29, 1.82) is 0 Å². The fourth-order valence-corrected chi connectivity index (χ4v) is 3.40. The van der Waals surface area contributed by atoms with Crippen molar-refractivity contribution in [3.63, 3.8) is 0 Å². The molecule has 0 aliphatic carbocycles. The lowest BCUT2D eigenvalue weighted by Gasteiger charge is -2.10. The van der Waals surface area contributed by atoms with E-state index >= 15 is 0 Å². The smallest absolute Gasteiger partial charge is 0.339 e. The topological polar surface area (TPSA) is 73.6 Å². The molecule has 124 valence electrons. The van der Waals surface area contributed by atoms with Gasteiger partial charge in [0.1, 0.15) is 16.2 Å². The predicted molar refractivity (Wildman–Crippen MR) is 91.2 cm³/mol. The lowest BCUT2D eigenvalue weighted by atomic mass is 10.1. The maximum absolute atomic E-state index is 12.5. The lowest BCUT2D eigenvalue weighted by molar-refractivity contribution is 0.486. The average Bonchev–Trinajstić information content (AvgIpc) is 2.51. The highest BCUT2D eigenvalue weighted by Gasteiger charge is 2.18. The Morgan fingerprint density at radius 2 is 1.67 bits per heavy atom. The number of hydrogen-bond donors (Lipinski definition) is 0. The van der Waals surface area contributed by atoms with Crippen molar-refractivity contribution in [3.8, 4) is 5.75 Å². The van der Waals surface area contributed by atoms with Crippen LogP contribution in [-0.2, 0) is 10.1 Å². The molecule has 0 spiro atoms. The molecule has 0 aliphatic rings. The van der Waals surface area contributed by atoms with Gasteiger partial charge in [-0.2, -0.15) is 8.42 Å². The zero-order valence-corrected chi connectivity index (χ0v) is 14.4. The number of aryl methyl sites for hydroxylation is 2. The van der Waals surface area contributed by atoms with Crippen molar-refractivity contribution >= 4 is 32.7 Å². The third kappa shape index (κ3) is 3.16. The van der Waals surface area contributed by atoms with E-state index in [9.17, 15) is 13.2 Å². The summed E-state index contributed by atoms with van der Waals surface area (Å²) in [5.74, 6) is 0.189. The summed E-state index contributed by atoms with van der Waals surface area (Å²) in [5, 5.41) is 1.06. The molecule has 0 atom stereocenters. The van der Waals surface area contributed by atoms with Crippen molar-refractivity contribution in [2.75, 3.05) is 0 Å². The summed E-state index contributed by atoms with van der Waals surface area (Å²) in [6.07, 6.45) is 0. The highest BCUT2D eigenvalue weighted by molar-refractivity contribution is 7.87. The van der Waals surface area contributed by atoms with Gasteiger partial charge in [-0.05, 0) is 61.4 Å². The van der Waals surface area contributed by atoms with Gasteiger partial charge in [0.25, 0.3) is 0 Å². The zero-order valence-electron chi connectivity index (χ0n) is 12.9. The van der Waals surface area contributed by atoms with Crippen LogP contribution >= 0.6 is 11.6 Å². The van der Waals surface area contributed by atoms with Crippen LogP contribution in [0.2, 0.25) is 5.02 Å². The number of fused-ring (bicyclic) bond motifs is 1. The Bertz CT molecular complexity index is 1080. The maximum Gasteiger partial charge on any atom is 0.339 e. The summed E-state index contributed by atoms with van der Waals surface area (Å²) in [6.45, 7) is 3.54. The third-order valence-electron chi connectivity index (χ3n) is 3.50. The zero-order chi connectivity index (χ0) is 17.5. The number of halogens is 1. The molecule has 1 aromatic heterocycles. The second-order valence-electron chi connectivity index (χ2n) is 5.36. The van der Waals surface area contributed by atoms with Crippen molar-refractivity contribution in [3.05, 3.63) is 69.0 Å². The van der Waals surface area contributed by atoms with Crippen LogP contribution in [0.15, 0.2) is 56.6 Å². The van der Waals surface area contributed by atoms with Gasteiger partial charge in [-0.15, -0.1) is 0 Å². The molecule has 0 unspecified atom stereocenters. The Morgan fingerprint density at radius 3 is 2.33 bits per heavy atom. The molecule has 0 radical (unpaired) electrons. The molecule has 0 N–H and O–H groups in total. The van der Waals surface area contributed by atoms with Gasteiger partial charge in [-0.1, -0.05) is 11.6 Å². The molecule has 1 heterocycles. The van der Waals surface area contributed by atoms with Crippen molar-refractivity contribution < 1.29 is 17.0 Å². The van der Waals surface area contributed by atoms with Gasteiger partial charge in [-0.3, -0.25) is 0 Å². The van der Waals surface area contributed by atoms with E-state index in [1.807, 2.05) is 0 Å². The molecule has 7 heteroatoms. The first-order valence-corrected chi connectivity index (χ1v) is 8.80. The highest BCUT2D eigenvalue weighted by Crippen LogP contribution is 2.28. The Balaban J connectivity index is 2.01. The van der Waals surface area contributed by atoms with Crippen LogP contribution < -0.4 is 9.81 Å². The van der Waals surface area contributed by atoms with Crippen LogP contribution in [0.4, 0.5) is 0 Å². The number of benzene rings is 2. The summed E-state index contributed by atoms with van der Waals surface area (Å²) >= 11 is 6.08. The monoisotopic (exact) mass is 364 g/mol. The molecule has 2 aromatic carbocycles. The molecular weight excluding hydrogens is 352 g/mol. The molecule has 0 fully saturated rings. The largest absolute Gasteiger partial charge is 0.423 e. The SMILES string of the molecule is Cc1cc(OS(=O)(=O)c2ccc3oc(=O)ccc3c2)cc(C)c1Cl. The quantitative estimate of drug-likeness (QED) is 0.521. The van der Waals surface area contributed by atoms with Crippen molar-refractivity contribution in [2.45, 2.75) is 18.7 Å². The fourth-order valence-electron chi connectivity index (χ4n) is 2.33. The first-order chi connectivity index (χ1) is 11.3. The van der Waals surface area contributed by atoms with E-state index in [0.29, 0.717) is 16.0 Å². The van der Waals surface area contributed by atoms with E-state index in [0.717, 1.165) is 11.1 Å². The van der Waals surface area contributed by atoms with E-state index < -0.39 is 15.7 Å². The van der Waals surface area contributed by atoms with Gasteiger partial charge in [0.15, 0.2) is 0 Å². The number of rotatable bonds is 3. The molecule has 0 amide bonds. The van der Waals surface area contributed by atoms with Crippen molar-refractivity contribution in [1.82, 2.24) is 0 Å². The summed E-state index contributed by atoms with van der Waals surface area (Å²) in [7, 11) is -4.02. The second-order valence-corrected chi connectivity index (χ2v) is 7.29. The molecule has 5 nitrogen and oxygen atoms in total. The van der Waals surface area contributed by atoms with Crippen LogP contribution in [0, 0.1) is 13.8 Å². The normalized spacial score (nSPS) is 11.6. The van der Waals surface area contributed by atoms with Gasteiger partial charge >= 0.3 is 15.7 Å². The maximum atomic E-state index is 12.5. The minimum absolute atomic E-state index is 0.0332. The van der Waals surface area contributed by atoms with Gasteiger partial charge < -0.3 is 8.60 Å². The Hall–Kier alpha value is -2.31. The van der Waals surface area contributed by atoms with Crippen LogP contribution in [0.25, 0.3) is 11.0 Å². The Kier molecular flexibility index (Phi) is 4.11. The van der Waals surface area contributed by atoms with Crippen LogP contribution in [-0.4, -0.2) is 8.42 Å². The molecule has 24 heavy (non-hydrogen) atoms. The van der Waals surface area contributed by atoms with Gasteiger partial charge in [-0.25, -0.2) is 4.79 Å². The van der Waals surface area contributed by atoms with Gasteiger partial charge in [0.2, 0.25) is 0 Å². The standard InChI is InChI=1S/C17H13ClO5S/c1-10-7-13(8-11(2)17(10)18)23-24(20,21)14-4-5-15-12(9-14)3-6-16(19)22-15/h3-9H,1-2H3. The van der Waals surface area contributed by atoms with Crippen LogP contribution in [0.3, 0.4) is 0 Å². The molecule has 0 bridgehead atoms. The van der Waals surface area contributed by atoms with Gasteiger partial charge in [0.05, 0.1) is 0 Å². The summed E-state index contributed by atoms with van der Waals surface area (Å²) < 4.78 is 35.1. The molecule has 0 saturated carbocycles. The van der Waals surface area contributed by atoms with Crippen molar-refractivity contribution in [2.24, 2.45) is 0 Å². The lowest BCUT2D eigenvalue weighted by Crippen LogP contribution is -2.10. The van der Waals surface area contributed by atoms with Crippen LogP contribution in [0.1, 0.15) is 11.1 Å². The average molecular weight is 365 g/mol. The molecule has 3 aromatic rings. The van der Waals surface area contributed by atoms with E-state index in [-0.39, 0.29) is 10.6 Å². The van der Waals surface area contributed by atoms with Gasteiger partial charge in [0, 0.05) is 16.5 Å². The minimum atomic E-state index is -4.02. The Morgan fingerprint density at radius 1 is 1.00 bits per heavy atom. The van der Waals surface area contributed by atoms with E-state index in [1.54, 1.807) is 26.0 Å². The summed E-state index contributed by atoms with van der Waals surface area (Å²) in [4.78, 5) is 11.1.